The third kappa shape index (κ3) is 5.37. The molecule has 4 N–H and O–H groups in total. The van der Waals surface area contributed by atoms with E-state index in [-0.39, 0.29) is 0 Å². The zero-order valence-corrected chi connectivity index (χ0v) is 6.22. The van der Waals surface area contributed by atoms with Crippen molar-refractivity contribution in [1.29, 1.82) is 0 Å². The Labute approximate surface area is 56.9 Å². The lowest BCUT2D eigenvalue weighted by atomic mass is 10.1. The van der Waals surface area contributed by atoms with E-state index in [1.807, 2.05) is 6.08 Å². The Bertz CT molecular complexity index is 95.1. The average Bonchev–Trinajstić information content (AvgIpc) is 1.63. The Morgan fingerprint density at radius 3 is 2.44 bits per heavy atom. The van der Waals surface area contributed by atoms with Crippen molar-refractivity contribution in [3.05, 3.63) is 11.8 Å². The lowest BCUT2D eigenvalue weighted by Gasteiger charge is -1.99. The average molecular weight is 128 g/mol. The van der Waals surface area contributed by atoms with E-state index in [1.54, 1.807) is 0 Å². The van der Waals surface area contributed by atoms with Crippen LogP contribution in [-0.4, -0.2) is 6.54 Å². The Morgan fingerprint density at radius 2 is 2.11 bits per heavy atom. The van der Waals surface area contributed by atoms with Gasteiger partial charge in [-0.25, -0.2) is 0 Å². The fraction of sp³-hybridized carbons (Fsp3) is 0.714. The Kier molecular flexibility index (Phi) is 4.14. The highest BCUT2D eigenvalue weighted by Crippen LogP contribution is 1.98. The first-order chi connectivity index (χ1) is 4.16. The molecule has 0 saturated heterocycles. The van der Waals surface area contributed by atoms with Crippen LogP contribution < -0.4 is 11.5 Å². The summed E-state index contributed by atoms with van der Waals surface area (Å²) in [5.74, 6) is 0.538. The van der Waals surface area contributed by atoms with E-state index >= 15 is 0 Å². The quantitative estimate of drug-likeness (QED) is 0.591. The second-order valence-electron chi connectivity index (χ2n) is 2.52. The minimum absolute atomic E-state index is 0.538. The van der Waals surface area contributed by atoms with Gasteiger partial charge in [0.1, 0.15) is 0 Å². The van der Waals surface area contributed by atoms with E-state index < -0.39 is 0 Å². The summed E-state index contributed by atoms with van der Waals surface area (Å²) in [5.41, 5.74) is 11.8. The second-order valence-corrected chi connectivity index (χ2v) is 2.52. The molecule has 0 amide bonds. The highest BCUT2D eigenvalue weighted by Gasteiger charge is 1.89. The van der Waals surface area contributed by atoms with Gasteiger partial charge in [-0.1, -0.05) is 19.9 Å². The summed E-state index contributed by atoms with van der Waals surface area (Å²) in [4.78, 5) is 0. The SMILES string of the molecule is CC(C)C=C(N)CCN. The Hall–Kier alpha value is -0.500. The van der Waals surface area contributed by atoms with E-state index in [0.717, 1.165) is 12.1 Å². The van der Waals surface area contributed by atoms with Gasteiger partial charge in [0.2, 0.25) is 0 Å². The maximum atomic E-state index is 5.57. The minimum Gasteiger partial charge on any atom is -0.402 e. The van der Waals surface area contributed by atoms with Crippen molar-refractivity contribution < 1.29 is 0 Å². The minimum atomic E-state index is 0.538. The smallest absolute Gasteiger partial charge is 0.00552 e. The maximum Gasteiger partial charge on any atom is 0.00552 e. The van der Waals surface area contributed by atoms with E-state index in [1.165, 1.54) is 0 Å². The van der Waals surface area contributed by atoms with Crippen molar-refractivity contribution in [2.45, 2.75) is 20.3 Å². The van der Waals surface area contributed by atoms with Crippen LogP contribution in [-0.2, 0) is 0 Å². The first-order valence-corrected chi connectivity index (χ1v) is 3.33. The standard InChI is InChI=1S/C7H16N2/c1-6(2)5-7(9)3-4-8/h5-6H,3-4,8-9H2,1-2H3. The topological polar surface area (TPSA) is 52.0 Å². The fourth-order valence-corrected chi connectivity index (χ4v) is 0.678. The van der Waals surface area contributed by atoms with Gasteiger partial charge >= 0.3 is 0 Å². The lowest BCUT2D eigenvalue weighted by molar-refractivity contribution is 0.801. The van der Waals surface area contributed by atoms with Gasteiger partial charge in [0.25, 0.3) is 0 Å². The number of rotatable bonds is 3. The van der Waals surface area contributed by atoms with Crippen LogP contribution in [0.5, 0.6) is 0 Å². The van der Waals surface area contributed by atoms with E-state index in [2.05, 4.69) is 13.8 Å². The molecule has 0 aromatic rings. The molecule has 0 rings (SSSR count). The predicted molar refractivity (Wildman–Crippen MR) is 40.8 cm³/mol. The zero-order chi connectivity index (χ0) is 7.28. The maximum absolute atomic E-state index is 5.57. The monoisotopic (exact) mass is 128 g/mol. The van der Waals surface area contributed by atoms with Crippen molar-refractivity contribution in [2.24, 2.45) is 17.4 Å². The van der Waals surface area contributed by atoms with Crippen LogP contribution in [0.2, 0.25) is 0 Å². The summed E-state index contributed by atoms with van der Waals surface area (Å²) >= 11 is 0. The Balaban J connectivity index is 3.55. The summed E-state index contributed by atoms with van der Waals surface area (Å²) in [6, 6.07) is 0. The normalized spacial score (nSPS) is 12.7. The molecule has 2 nitrogen and oxygen atoms in total. The molecular weight excluding hydrogens is 112 g/mol. The van der Waals surface area contributed by atoms with Gasteiger partial charge in [0, 0.05) is 5.70 Å². The summed E-state index contributed by atoms with van der Waals surface area (Å²) < 4.78 is 0. The summed E-state index contributed by atoms with van der Waals surface area (Å²) in [6.45, 7) is 4.85. The van der Waals surface area contributed by atoms with Crippen LogP contribution >= 0.6 is 0 Å². The Morgan fingerprint density at radius 1 is 1.56 bits per heavy atom. The number of hydrogen-bond acceptors (Lipinski definition) is 2. The van der Waals surface area contributed by atoms with Gasteiger partial charge < -0.3 is 11.5 Å². The van der Waals surface area contributed by atoms with Crippen molar-refractivity contribution in [2.75, 3.05) is 6.54 Å². The van der Waals surface area contributed by atoms with E-state index in [4.69, 9.17) is 11.5 Å². The molecule has 0 fully saturated rings. The van der Waals surface area contributed by atoms with Crippen molar-refractivity contribution in [1.82, 2.24) is 0 Å². The van der Waals surface area contributed by atoms with Gasteiger partial charge in [-0.2, -0.15) is 0 Å². The number of hydrogen-bond donors (Lipinski definition) is 2. The molecule has 0 aliphatic rings. The predicted octanol–water partition coefficient (Wildman–Crippen LogP) is 0.834. The molecule has 0 saturated carbocycles. The molecule has 2 heteroatoms. The van der Waals surface area contributed by atoms with Crippen LogP contribution in [0.25, 0.3) is 0 Å². The van der Waals surface area contributed by atoms with Gasteiger partial charge in [-0.3, -0.25) is 0 Å². The lowest BCUT2D eigenvalue weighted by Crippen LogP contribution is -2.07. The zero-order valence-electron chi connectivity index (χ0n) is 6.22. The first kappa shape index (κ1) is 8.50. The van der Waals surface area contributed by atoms with Crippen molar-refractivity contribution >= 4 is 0 Å². The summed E-state index contributed by atoms with van der Waals surface area (Å²) in [7, 11) is 0. The van der Waals surface area contributed by atoms with Crippen LogP contribution in [0.15, 0.2) is 11.8 Å². The fourth-order valence-electron chi connectivity index (χ4n) is 0.678. The molecule has 0 aromatic heterocycles. The number of nitrogens with two attached hydrogens (primary N) is 2. The molecule has 0 unspecified atom stereocenters. The van der Waals surface area contributed by atoms with Crippen molar-refractivity contribution in [3.8, 4) is 0 Å². The van der Waals surface area contributed by atoms with Gasteiger partial charge in [0.15, 0.2) is 0 Å². The molecular formula is C7H16N2. The number of allylic oxidation sites excluding steroid dienone is 1. The third-order valence-electron chi connectivity index (χ3n) is 0.980. The molecule has 0 radical (unpaired) electrons. The molecule has 9 heavy (non-hydrogen) atoms. The van der Waals surface area contributed by atoms with Gasteiger partial charge in [-0.15, -0.1) is 0 Å². The van der Waals surface area contributed by atoms with E-state index in [0.29, 0.717) is 12.5 Å². The molecule has 0 atom stereocenters. The first-order valence-electron chi connectivity index (χ1n) is 3.33. The van der Waals surface area contributed by atoms with Gasteiger partial charge in [0.05, 0.1) is 0 Å². The molecule has 0 aromatic carbocycles. The highest BCUT2D eigenvalue weighted by molar-refractivity contribution is 4.97. The second kappa shape index (κ2) is 4.39. The molecule has 0 spiro atoms. The van der Waals surface area contributed by atoms with Gasteiger partial charge in [-0.05, 0) is 18.9 Å². The molecule has 0 aliphatic carbocycles. The van der Waals surface area contributed by atoms with Crippen molar-refractivity contribution in [3.63, 3.8) is 0 Å². The van der Waals surface area contributed by atoms with Crippen LogP contribution in [0.3, 0.4) is 0 Å². The largest absolute Gasteiger partial charge is 0.402 e. The molecule has 54 valence electrons. The van der Waals surface area contributed by atoms with Crippen LogP contribution in [0.4, 0.5) is 0 Å². The summed E-state index contributed by atoms with van der Waals surface area (Å²) in [5, 5.41) is 0. The summed E-state index contributed by atoms with van der Waals surface area (Å²) in [6.07, 6.45) is 2.85. The third-order valence-corrected chi connectivity index (χ3v) is 0.980. The molecule has 0 bridgehead atoms. The highest BCUT2D eigenvalue weighted by atomic mass is 14.6. The van der Waals surface area contributed by atoms with Crippen LogP contribution in [0, 0.1) is 5.92 Å². The van der Waals surface area contributed by atoms with E-state index in [9.17, 15) is 0 Å². The molecule has 0 heterocycles. The molecule has 0 aliphatic heterocycles. The van der Waals surface area contributed by atoms with Crippen LogP contribution in [0.1, 0.15) is 20.3 Å².